The zero-order valence-corrected chi connectivity index (χ0v) is 25.8. The fraction of sp³-hybridized carbons (Fsp3) is 0.421. The molecule has 3 aromatic carbocycles. The SMILES string of the molecule is CCCCC(CCn1c(C)c(C(c2ccccc2)c2c(C)n(CCCC)c3ccccc23)c2ccccc21)COC. The van der Waals surface area contributed by atoms with E-state index in [4.69, 9.17) is 4.74 Å². The average molecular weight is 549 g/mol. The van der Waals surface area contributed by atoms with E-state index in [-0.39, 0.29) is 5.92 Å². The lowest BCUT2D eigenvalue weighted by Crippen LogP contribution is -2.13. The van der Waals surface area contributed by atoms with Crippen LogP contribution in [0.1, 0.15) is 86.4 Å². The summed E-state index contributed by atoms with van der Waals surface area (Å²) in [6.07, 6.45) is 7.25. The Morgan fingerprint density at radius 1 is 0.634 bits per heavy atom. The standard InChI is InChI=1S/C38H48N2O/c1-6-8-17-30(27-41-5)24-26-40-29(4)37(33-21-14-16-23-35(33)40)38(31-18-11-10-12-19-31)36-28(3)39(25-9-7-2)34-22-15-13-20-32(34)36/h10-16,18-23,30,38H,6-9,17,24-27H2,1-5H3. The first kappa shape index (κ1) is 29.2. The van der Waals surface area contributed by atoms with E-state index in [2.05, 4.69) is 116 Å². The predicted molar refractivity (Wildman–Crippen MR) is 175 cm³/mol. The van der Waals surface area contributed by atoms with E-state index in [0.29, 0.717) is 5.92 Å². The minimum Gasteiger partial charge on any atom is -0.384 e. The molecule has 0 aliphatic heterocycles. The summed E-state index contributed by atoms with van der Waals surface area (Å²) in [7, 11) is 1.84. The molecular weight excluding hydrogens is 500 g/mol. The molecule has 2 heterocycles. The van der Waals surface area contributed by atoms with Crippen LogP contribution in [-0.4, -0.2) is 22.9 Å². The van der Waals surface area contributed by atoms with Gasteiger partial charge < -0.3 is 13.9 Å². The van der Waals surface area contributed by atoms with Crippen molar-refractivity contribution in [3.63, 3.8) is 0 Å². The molecule has 0 saturated carbocycles. The fourth-order valence-electron chi connectivity index (χ4n) is 7.01. The molecule has 0 bridgehead atoms. The maximum Gasteiger partial charge on any atom is 0.0491 e. The largest absolute Gasteiger partial charge is 0.384 e. The van der Waals surface area contributed by atoms with Crippen LogP contribution in [0, 0.1) is 19.8 Å². The number of benzene rings is 3. The summed E-state index contributed by atoms with van der Waals surface area (Å²) in [6.45, 7) is 12.2. The van der Waals surface area contributed by atoms with Gasteiger partial charge in [-0.1, -0.05) is 99.8 Å². The highest BCUT2D eigenvalue weighted by Gasteiger charge is 2.29. The van der Waals surface area contributed by atoms with Crippen molar-refractivity contribution in [2.75, 3.05) is 13.7 Å². The fourth-order valence-corrected chi connectivity index (χ4v) is 7.01. The first-order valence-corrected chi connectivity index (χ1v) is 15.8. The maximum atomic E-state index is 5.64. The van der Waals surface area contributed by atoms with Gasteiger partial charge in [-0.2, -0.15) is 0 Å². The van der Waals surface area contributed by atoms with Gasteiger partial charge in [-0.25, -0.2) is 0 Å². The number of rotatable bonds is 14. The van der Waals surface area contributed by atoms with E-state index >= 15 is 0 Å². The molecule has 0 radical (unpaired) electrons. The molecule has 0 spiro atoms. The van der Waals surface area contributed by atoms with E-state index in [1.54, 1.807) is 0 Å². The molecule has 0 N–H and O–H groups in total. The topological polar surface area (TPSA) is 19.1 Å². The monoisotopic (exact) mass is 548 g/mol. The van der Waals surface area contributed by atoms with Gasteiger partial charge in [-0.05, 0) is 67.9 Å². The molecule has 216 valence electrons. The molecule has 3 heteroatoms. The van der Waals surface area contributed by atoms with Crippen molar-refractivity contribution in [2.45, 2.75) is 85.2 Å². The van der Waals surface area contributed by atoms with Crippen molar-refractivity contribution >= 4 is 21.8 Å². The first-order chi connectivity index (χ1) is 20.1. The van der Waals surface area contributed by atoms with Crippen LogP contribution in [0.5, 0.6) is 0 Å². The molecule has 0 aliphatic carbocycles. The van der Waals surface area contributed by atoms with Crippen LogP contribution in [0.25, 0.3) is 21.8 Å². The number of nitrogens with zero attached hydrogens (tertiary/aromatic N) is 2. The van der Waals surface area contributed by atoms with E-state index < -0.39 is 0 Å². The Hall–Kier alpha value is -3.30. The quantitative estimate of drug-likeness (QED) is 0.135. The summed E-state index contributed by atoms with van der Waals surface area (Å²) in [6, 6.07) is 29.3. The van der Waals surface area contributed by atoms with Gasteiger partial charge in [0.1, 0.15) is 0 Å². The summed E-state index contributed by atoms with van der Waals surface area (Å²) in [4.78, 5) is 0. The number of aryl methyl sites for hydroxylation is 2. The molecule has 5 aromatic rings. The number of hydrogen-bond donors (Lipinski definition) is 0. The summed E-state index contributed by atoms with van der Waals surface area (Å²) in [5.74, 6) is 0.748. The second-order valence-electron chi connectivity index (χ2n) is 11.8. The van der Waals surface area contributed by atoms with Crippen molar-refractivity contribution in [1.29, 1.82) is 0 Å². The second-order valence-corrected chi connectivity index (χ2v) is 11.8. The number of unbranched alkanes of at least 4 members (excludes halogenated alkanes) is 2. The number of para-hydroxylation sites is 2. The van der Waals surface area contributed by atoms with Gasteiger partial charge in [0.05, 0.1) is 0 Å². The Labute approximate surface area is 247 Å². The molecule has 0 fully saturated rings. The number of methoxy groups -OCH3 is 1. The zero-order chi connectivity index (χ0) is 28.8. The van der Waals surface area contributed by atoms with Crippen molar-refractivity contribution in [3.8, 4) is 0 Å². The minimum atomic E-state index is 0.157. The van der Waals surface area contributed by atoms with Crippen LogP contribution in [0.4, 0.5) is 0 Å². The van der Waals surface area contributed by atoms with E-state index in [1.165, 1.54) is 82.0 Å². The van der Waals surface area contributed by atoms with Gasteiger partial charge in [0.2, 0.25) is 0 Å². The van der Waals surface area contributed by atoms with E-state index in [1.807, 2.05) is 7.11 Å². The lowest BCUT2D eigenvalue weighted by Gasteiger charge is -2.21. The highest BCUT2D eigenvalue weighted by atomic mass is 16.5. The summed E-state index contributed by atoms with van der Waals surface area (Å²) >= 11 is 0. The molecule has 2 atom stereocenters. The second kappa shape index (κ2) is 13.6. The number of hydrogen-bond acceptors (Lipinski definition) is 1. The Kier molecular flexibility index (Phi) is 9.67. The molecule has 0 amide bonds. The van der Waals surface area contributed by atoms with Crippen molar-refractivity contribution in [1.82, 2.24) is 9.13 Å². The Balaban J connectivity index is 1.70. The average Bonchev–Trinajstić information content (AvgIpc) is 3.44. The Bertz CT molecular complexity index is 1560. The molecule has 41 heavy (non-hydrogen) atoms. The van der Waals surface area contributed by atoms with Crippen LogP contribution < -0.4 is 0 Å². The van der Waals surface area contributed by atoms with Gasteiger partial charge in [-0.15, -0.1) is 0 Å². The minimum absolute atomic E-state index is 0.157. The third kappa shape index (κ3) is 5.88. The Morgan fingerprint density at radius 3 is 1.73 bits per heavy atom. The summed E-state index contributed by atoms with van der Waals surface area (Å²) in [5.41, 5.74) is 9.74. The number of aromatic nitrogens is 2. The zero-order valence-electron chi connectivity index (χ0n) is 25.8. The summed E-state index contributed by atoms with van der Waals surface area (Å²) in [5, 5.41) is 2.76. The van der Waals surface area contributed by atoms with Crippen LogP contribution in [0.3, 0.4) is 0 Å². The van der Waals surface area contributed by atoms with E-state index in [9.17, 15) is 0 Å². The Morgan fingerprint density at radius 2 is 1.17 bits per heavy atom. The lowest BCUT2D eigenvalue weighted by atomic mass is 9.82. The molecule has 2 aromatic heterocycles. The summed E-state index contributed by atoms with van der Waals surface area (Å²) < 4.78 is 10.8. The molecule has 2 unspecified atom stereocenters. The maximum absolute atomic E-state index is 5.64. The predicted octanol–water partition coefficient (Wildman–Crippen LogP) is 10.0. The van der Waals surface area contributed by atoms with Gasteiger partial charge in [0.25, 0.3) is 0 Å². The van der Waals surface area contributed by atoms with Gasteiger partial charge in [0, 0.05) is 65.9 Å². The van der Waals surface area contributed by atoms with Crippen LogP contribution in [0.2, 0.25) is 0 Å². The normalized spacial score (nSPS) is 13.3. The smallest absolute Gasteiger partial charge is 0.0491 e. The van der Waals surface area contributed by atoms with Crippen LogP contribution >= 0.6 is 0 Å². The van der Waals surface area contributed by atoms with Crippen molar-refractivity contribution in [2.24, 2.45) is 5.92 Å². The highest BCUT2D eigenvalue weighted by Crippen LogP contribution is 2.44. The van der Waals surface area contributed by atoms with Crippen molar-refractivity contribution < 1.29 is 4.74 Å². The van der Waals surface area contributed by atoms with Gasteiger partial charge >= 0.3 is 0 Å². The van der Waals surface area contributed by atoms with Crippen LogP contribution in [-0.2, 0) is 17.8 Å². The third-order valence-corrected chi connectivity index (χ3v) is 9.13. The number of fused-ring (bicyclic) bond motifs is 2. The molecule has 0 saturated heterocycles. The molecule has 0 aliphatic rings. The molecular formula is C38H48N2O. The third-order valence-electron chi connectivity index (χ3n) is 9.13. The molecule has 3 nitrogen and oxygen atoms in total. The van der Waals surface area contributed by atoms with E-state index in [0.717, 1.165) is 26.1 Å². The van der Waals surface area contributed by atoms with Gasteiger partial charge in [0.15, 0.2) is 0 Å². The van der Waals surface area contributed by atoms with Gasteiger partial charge in [-0.3, -0.25) is 0 Å². The lowest BCUT2D eigenvalue weighted by molar-refractivity contribution is 0.139. The van der Waals surface area contributed by atoms with Crippen molar-refractivity contribution in [3.05, 3.63) is 107 Å². The highest BCUT2D eigenvalue weighted by molar-refractivity contribution is 5.91. The number of ether oxygens (including phenoxy) is 1. The first-order valence-electron chi connectivity index (χ1n) is 15.8. The van der Waals surface area contributed by atoms with Crippen LogP contribution in [0.15, 0.2) is 78.9 Å². The molecule has 5 rings (SSSR count).